The van der Waals surface area contributed by atoms with Crippen LogP contribution in [0.1, 0.15) is 0 Å². The minimum atomic E-state index is -0.367. The van der Waals surface area contributed by atoms with Gasteiger partial charge in [-0.15, -0.1) is 21.5 Å². The van der Waals surface area contributed by atoms with Crippen LogP contribution in [0.3, 0.4) is 0 Å². The first-order chi connectivity index (χ1) is 7.34. The number of H-pyrrole nitrogens is 1. The van der Waals surface area contributed by atoms with Crippen LogP contribution in [0.25, 0.3) is 21.6 Å². The summed E-state index contributed by atoms with van der Waals surface area (Å²) in [5.41, 5.74) is 2.58. The first kappa shape index (κ1) is 8.42. The van der Waals surface area contributed by atoms with Gasteiger partial charge < -0.3 is 0 Å². The minimum absolute atomic E-state index is 0.367. The van der Waals surface area contributed by atoms with Crippen molar-refractivity contribution >= 4 is 21.6 Å². The molecule has 0 aliphatic heterocycles. The number of fused-ring (bicyclic) bond motifs is 1. The quantitative estimate of drug-likeness (QED) is 0.678. The molecule has 0 atom stereocenters. The number of halogens is 1. The van der Waals surface area contributed by atoms with Crippen molar-refractivity contribution in [1.29, 1.82) is 0 Å². The van der Waals surface area contributed by atoms with Gasteiger partial charge in [-0.2, -0.15) is 5.21 Å². The Hall–Kier alpha value is -1.89. The van der Waals surface area contributed by atoms with Gasteiger partial charge in [0, 0.05) is 5.56 Å². The molecular weight excluding hydrogens is 217 g/mol. The van der Waals surface area contributed by atoms with E-state index in [4.69, 9.17) is 0 Å². The van der Waals surface area contributed by atoms with Crippen LogP contribution in [0, 0.1) is 5.82 Å². The summed E-state index contributed by atoms with van der Waals surface area (Å²) in [5.74, 6) is 0.0118. The van der Waals surface area contributed by atoms with Crippen LogP contribution in [0.15, 0.2) is 17.6 Å². The van der Waals surface area contributed by atoms with Crippen molar-refractivity contribution in [2.45, 2.75) is 0 Å². The summed E-state index contributed by atoms with van der Waals surface area (Å²) in [4.78, 5) is 3.92. The number of aromatic amines is 1. The third-order valence-electron chi connectivity index (χ3n) is 1.99. The zero-order valence-corrected chi connectivity index (χ0v) is 8.12. The normalized spacial score (nSPS) is 11.0. The van der Waals surface area contributed by atoms with E-state index in [0.717, 1.165) is 4.70 Å². The fourth-order valence-electron chi connectivity index (χ4n) is 1.34. The lowest BCUT2D eigenvalue weighted by Crippen LogP contribution is -1.84. The Morgan fingerprint density at radius 1 is 1.33 bits per heavy atom. The summed E-state index contributed by atoms with van der Waals surface area (Å²) in [5, 5.41) is 13.3. The van der Waals surface area contributed by atoms with E-state index in [1.807, 2.05) is 0 Å². The van der Waals surface area contributed by atoms with Crippen molar-refractivity contribution in [2.75, 3.05) is 0 Å². The van der Waals surface area contributed by atoms with Gasteiger partial charge in [-0.1, -0.05) is 0 Å². The Balaban J connectivity index is 2.29. The smallest absolute Gasteiger partial charge is 0.204 e. The molecule has 0 bridgehead atoms. The molecule has 7 heteroatoms. The van der Waals surface area contributed by atoms with Crippen LogP contribution in [0.4, 0.5) is 4.39 Å². The molecule has 15 heavy (non-hydrogen) atoms. The molecule has 1 aromatic carbocycles. The van der Waals surface area contributed by atoms with Crippen LogP contribution >= 0.6 is 11.3 Å². The summed E-state index contributed by atoms with van der Waals surface area (Å²) in [6.45, 7) is 0. The first-order valence-electron chi connectivity index (χ1n) is 4.11. The highest BCUT2D eigenvalue weighted by atomic mass is 32.1. The first-order valence-corrected chi connectivity index (χ1v) is 4.99. The van der Waals surface area contributed by atoms with Crippen LogP contribution in [0.2, 0.25) is 0 Å². The van der Waals surface area contributed by atoms with Gasteiger partial charge in [0.15, 0.2) is 5.82 Å². The number of benzene rings is 1. The van der Waals surface area contributed by atoms with Crippen molar-refractivity contribution in [3.05, 3.63) is 23.5 Å². The number of aromatic nitrogens is 5. The Labute approximate surface area is 87.0 Å². The van der Waals surface area contributed by atoms with Gasteiger partial charge in [0.25, 0.3) is 0 Å². The number of hydrogen-bond acceptors (Lipinski definition) is 5. The van der Waals surface area contributed by atoms with Gasteiger partial charge in [0.05, 0.1) is 10.2 Å². The highest BCUT2D eigenvalue weighted by Gasteiger charge is 2.10. The standard InChI is InChI=1S/C8H4FN5S/c9-5-1-4(8-11-13-14-12-8)2-6-7(5)10-3-15-6/h1-3H,(H,11,12,13,14). The SMILES string of the molecule is Fc1cc(-c2nn[nH]n2)cc2scnc12. The van der Waals surface area contributed by atoms with Crippen molar-refractivity contribution in [3.63, 3.8) is 0 Å². The molecular formula is C8H4FN5S. The van der Waals surface area contributed by atoms with Crippen LogP contribution in [0.5, 0.6) is 0 Å². The van der Waals surface area contributed by atoms with Gasteiger partial charge in [0.2, 0.25) is 5.82 Å². The van der Waals surface area contributed by atoms with Gasteiger partial charge >= 0.3 is 0 Å². The predicted molar refractivity (Wildman–Crippen MR) is 52.7 cm³/mol. The fourth-order valence-corrected chi connectivity index (χ4v) is 2.07. The topological polar surface area (TPSA) is 67.3 Å². The van der Waals surface area contributed by atoms with Crippen molar-refractivity contribution < 1.29 is 4.39 Å². The average Bonchev–Trinajstić information content (AvgIpc) is 2.88. The maximum atomic E-state index is 13.5. The zero-order valence-electron chi connectivity index (χ0n) is 7.31. The van der Waals surface area contributed by atoms with E-state index in [2.05, 4.69) is 25.6 Å². The monoisotopic (exact) mass is 221 g/mol. The number of hydrogen-bond donors (Lipinski definition) is 1. The van der Waals surface area contributed by atoms with Crippen molar-refractivity contribution in [3.8, 4) is 11.4 Å². The molecule has 1 N–H and O–H groups in total. The molecule has 2 aromatic heterocycles. The Kier molecular flexibility index (Phi) is 1.72. The third kappa shape index (κ3) is 1.28. The lowest BCUT2D eigenvalue weighted by molar-refractivity contribution is 0.637. The minimum Gasteiger partial charge on any atom is -0.242 e. The highest BCUT2D eigenvalue weighted by Crippen LogP contribution is 2.26. The molecule has 0 aliphatic carbocycles. The molecule has 0 unspecified atom stereocenters. The molecule has 3 aromatic rings. The second-order valence-corrected chi connectivity index (χ2v) is 3.78. The number of nitrogens with one attached hydrogen (secondary N) is 1. The van der Waals surface area contributed by atoms with E-state index in [0.29, 0.717) is 16.9 Å². The molecule has 2 heterocycles. The number of tetrazole rings is 1. The molecule has 0 saturated carbocycles. The zero-order chi connectivity index (χ0) is 10.3. The molecule has 0 radical (unpaired) electrons. The largest absolute Gasteiger partial charge is 0.242 e. The summed E-state index contributed by atoms with van der Waals surface area (Å²) >= 11 is 1.38. The van der Waals surface area contributed by atoms with Crippen LogP contribution < -0.4 is 0 Å². The van der Waals surface area contributed by atoms with E-state index < -0.39 is 0 Å². The summed E-state index contributed by atoms with van der Waals surface area (Å²) in [6.07, 6.45) is 0. The highest BCUT2D eigenvalue weighted by molar-refractivity contribution is 7.16. The Bertz CT molecular complexity index is 603. The summed E-state index contributed by atoms with van der Waals surface area (Å²) < 4.78 is 14.3. The second kappa shape index (κ2) is 3.06. The maximum Gasteiger partial charge on any atom is 0.204 e. The summed E-state index contributed by atoms with van der Waals surface area (Å²) in [7, 11) is 0. The van der Waals surface area contributed by atoms with Crippen molar-refractivity contribution in [1.82, 2.24) is 25.6 Å². The molecule has 0 aliphatic rings. The number of nitrogens with zero attached hydrogens (tertiary/aromatic N) is 4. The molecule has 0 spiro atoms. The van der Waals surface area contributed by atoms with Crippen LogP contribution in [-0.4, -0.2) is 25.6 Å². The van der Waals surface area contributed by atoms with Crippen LogP contribution in [-0.2, 0) is 0 Å². The number of thiazole rings is 1. The third-order valence-corrected chi connectivity index (χ3v) is 2.77. The molecule has 0 amide bonds. The van der Waals surface area contributed by atoms with E-state index in [1.54, 1.807) is 11.6 Å². The van der Waals surface area contributed by atoms with E-state index in [-0.39, 0.29) is 5.82 Å². The number of rotatable bonds is 1. The maximum absolute atomic E-state index is 13.5. The van der Waals surface area contributed by atoms with E-state index in [9.17, 15) is 4.39 Å². The summed E-state index contributed by atoms with van der Waals surface area (Å²) in [6, 6.07) is 3.15. The van der Waals surface area contributed by atoms with E-state index in [1.165, 1.54) is 17.4 Å². The Morgan fingerprint density at radius 3 is 3.07 bits per heavy atom. The van der Waals surface area contributed by atoms with Crippen molar-refractivity contribution in [2.24, 2.45) is 0 Å². The molecule has 3 rings (SSSR count). The lowest BCUT2D eigenvalue weighted by atomic mass is 10.2. The van der Waals surface area contributed by atoms with Gasteiger partial charge in [-0.25, -0.2) is 9.37 Å². The molecule has 5 nitrogen and oxygen atoms in total. The average molecular weight is 221 g/mol. The van der Waals surface area contributed by atoms with Gasteiger partial charge in [0.1, 0.15) is 5.52 Å². The predicted octanol–water partition coefficient (Wildman–Crippen LogP) is 1.62. The fraction of sp³-hybridized carbons (Fsp3) is 0. The molecule has 0 fully saturated rings. The van der Waals surface area contributed by atoms with Gasteiger partial charge in [-0.3, -0.25) is 0 Å². The second-order valence-electron chi connectivity index (χ2n) is 2.89. The van der Waals surface area contributed by atoms with E-state index >= 15 is 0 Å². The van der Waals surface area contributed by atoms with Gasteiger partial charge in [-0.05, 0) is 17.3 Å². The molecule has 74 valence electrons. The molecule has 0 saturated heterocycles. The lowest BCUT2D eigenvalue weighted by Gasteiger charge is -1.95. The Morgan fingerprint density at radius 2 is 2.27 bits per heavy atom.